The van der Waals surface area contributed by atoms with Gasteiger partial charge in [-0.3, -0.25) is 19.9 Å². The van der Waals surface area contributed by atoms with Crippen molar-refractivity contribution in [3.63, 3.8) is 0 Å². The van der Waals surface area contributed by atoms with Gasteiger partial charge in [0.15, 0.2) is 0 Å². The van der Waals surface area contributed by atoms with Crippen LogP contribution in [0.1, 0.15) is 77.1 Å². The number of hydrogen-bond donors (Lipinski definition) is 0. The van der Waals surface area contributed by atoms with Crippen LogP contribution in [0, 0.1) is 12.1 Å². The molecule has 0 aliphatic carbocycles. The Balaban J connectivity index is 0.000000224. The second kappa shape index (κ2) is 14.7. The van der Waals surface area contributed by atoms with Gasteiger partial charge in [-0.1, -0.05) is 95.8 Å². The quantitative estimate of drug-likeness (QED) is 0.162. The molecule has 0 N–H and O–H groups in total. The number of para-hydroxylation sites is 1. The number of nitrogens with zero attached hydrogens (tertiary/aromatic N) is 4. The Hall–Kier alpha value is -4.51. The first-order valence-electron chi connectivity index (χ1n) is 16.2. The molecule has 3 aromatic heterocycles. The van der Waals surface area contributed by atoms with Crippen molar-refractivity contribution < 1.29 is 24.5 Å². The minimum absolute atomic E-state index is 0. The van der Waals surface area contributed by atoms with Gasteiger partial charge >= 0.3 is 0 Å². The minimum Gasteiger partial charge on any atom is -0.501 e. The van der Waals surface area contributed by atoms with Gasteiger partial charge in [-0.05, 0) is 41.2 Å². The van der Waals surface area contributed by atoms with Gasteiger partial charge in [-0.15, -0.1) is 54.1 Å². The van der Waals surface area contributed by atoms with E-state index in [1.807, 2.05) is 79.1 Å². The van der Waals surface area contributed by atoms with Crippen molar-refractivity contribution in [2.45, 2.75) is 65.7 Å². The van der Waals surface area contributed by atoms with Gasteiger partial charge in [0, 0.05) is 54.6 Å². The van der Waals surface area contributed by atoms with Gasteiger partial charge in [0.2, 0.25) is 0 Å². The number of fused-ring (bicyclic) bond motifs is 3. The standard InChI is InChI=1S/C28H25N2O.C14H15N2.Ir/c1-17(2)19-10-7-11-20(18(3)4)26(19)24-15-16-29-28(30-24)23-13-8-12-22-21-9-5-6-14-25(21)31-27(22)23;1-14(2,3)12-9-10-15-13(16-12)11-7-5-4-6-8-11;/h5-12,14-18H,1-4H3;4-7,9-10H,1-3H3;/q2*-1;. The average Bonchev–Trinajstić information content (AvgIpc) is 3.47. The smallest absolute Gasteiger partial charge is 0.120 e. The van der Waals surface area contributed by atoms with Gasteiger partial charge in [-0.2, -0.15) is 0 Å². The zero-order chi connectivity index (χ0) is 33.1. The Kier molecular flexibility index (Phi) is 10.7. The third kappa shape index (κ3) is 7.31. The number of aromatic nitrogens is 4. The average molecular weight is 809 g/mol. The molecule has 48 heavy (non-hydrogen) atoms. The van der Waals surface area contributed by atoms with Crippen molar-refractivity contribution in [2.75, 3.05) is 0 Å². The molecule has 3 heterocycles. The first-order chi connectivity index (χ1) is 22.6. The Morgan fingerprint density at radius 2 is 1.33 bits per heavy atom. The van der Waals surface area contributed by atoms with Crippen LogP contribution < -0.4 is 0 Å². The van der Waals surface area contributed by atoms with Crippen LogP contribution in [-0.2, 0) is 25.5 Å². The molecule has 7 rings (SSSR count). The summed E-state index contributed by atoms with van der Waals surface area (Å²) in [6, 6.07) is 36.8. The largest absolute Gasteiger partial charge is 0.501 e. The van der Waals surface area contributed by atoms with E-state index >= 15 is 0 Å². The maximum atomic E-state index is 6.20. The van der Waals surface area contributed by atoms with Crippen molar-refractivity contribution in [3.8, 4) is 34.0 Å². The molecule has 4 aromatic carbocycles. The summed E-state index contributed by atoms with van der Waals surface area (Å²) >= 11 is 0. The van der Waals surface area contributed by atoms with E-state index in [2.05, 4.69) is 99.8 Å². The van der Waals surface area contributed by atoms with Crippen LogP contribution in [-0.4, -0.2) is 19.9 Å². The normalized spacial score (nSPS) is 11.4. The Labute approximate surface area is 297 Å². The molecule has 0 saturated heterocycles. The molecule has 245 valence electrons. The van der Waals surface area contributed by atoms with E-state index in [9.17, 15) is 0 Å². The Bertz CT molecular complexity index is 2120. The second-order valence-corrected chi connectivity index (χ2v) is 13.4. The molecular formula is C42H40IrN4O-2. The Morgan fingerprint density at radius 1 is 0.646 bits per heavy atom. The summed E-state index contributed by atoms with van der Waals surface area (Å²) in [7, 11) is 0. The fraction of sp³-hybridized carbons (Fsp3) is 0.238. The maximum Gasteiger partial charge on any atom is 0.120 e. The summed E-state index contributed by atoms with van der Waals surface area (Å²) in [5.74, 6) is 2.18. The van der Waals surface area contributed by atoms with Gasteiger partial charge in [0.25, 0.3) is 0 Å². The number of hydrogen-bond acceptors (Lipinski definition) is 5. The van der Waals surface area contributed by atoms with E-state index < -0.39 is 0 Å². The second-order valence-electron chi connectivity index (χ2n) is 13.4. The molecular weight excluding hydrogens is 769 g/mol. The third-order valence-corrected chi connectivity index (χ3v) is 8.22. The fourth-order valence-electron chi connectivity index (χ4n) is 5.76. The first kappa shape index (κ1) is 34.8. The molecule has 1 radical (unpaired) electrons. The van der Waals surface area contributed by atoms with Crippen LogP contribution in [0.4, 0.5) is 0 Å². The predicted octanol–water partition coefficient (Wildman–Crippen LogP) is 11.0. The van der Waals surface area contributed by atoms with E-state index in [4.69, 9.17) is 9.40 Å². The van der Waals surface area contributed by atoms with Crippen molar-refractivity contribution in [3.05, 3.63) is 132 Å². The molecule has 5 nitrogen and oxygen atoms in total. The minimum atomic E-state index is 0. The SMILES string of the molecule is CC(C)(C)c1ccnc(-c2[c-]cccc2)n1.CC(C)c1cccc(C(C)C)c1-c1ccnc(-c2[c-]ccc3c2oc2ccccc23)n1.[Ir]. The summed E-state index contributed by atoms with van der Waals surface area (Å²) in [6.45, 7) is 15.4. The number of furan rings is 1. The molecule has 0 aliphatic rings. The summed E-state index contributed by atoms with van der Waals surface area (Å²) in [5.41, 5.74) is 9.25. The topological polar surface area (TPSA) is 64.7 Å². The van der Waals surface area contributed by atoms with Gasteiger partial charge in [0.1, 0.15) is 5.58 Å². The van der Waals surface area contributed by atoms with Crippen LogP contribution >= 0.6 is 0 Å². The number of rotatable bonds is 5. The van der Waals surface area contributed by atoms with E-state index in [0.717, 1.165) is 50.3 Å². The molecule has 0 atom stereocenters. The maximum absolute atomic E-state index is 6.20. The van der Waals surface area contributed by atoms with Crippen molar-refractivity contribution in [1.82, 2.24) is 19.9 Å². The number of benzene rings is 4. The first-order valence-corrected chi connectivity index (χ1v) is 16.2. The van der Waals surface area contributed by atoms with Crippen molar-refractivity contribution in [1.29, 1.82) is 0 Å². The monoisotopic (exact) mass is 809 g/mol. The summed E-state index contributed by atoms with van der Waals surface area (Å²) in [4.78, 5) is 18.5. The molecule has 0 saturated carbocycles. The molecule has 0 bridgehead atoms. The zero-order valence-corrected chi connectivity index (χ0v) is 30.9. The van der Waals surface area contributed by atoms with Gasteiger partial charge in [-0.25, -0.2) is 0 Å². The van der Waals surface area contributed by atoms with Gasteiger partial charge < -0.3 is 4.42 Å². The van der Waals surface area contributed by atoms with E-state index in [-0.39, 0.29) is 25.5 Å². The predicted molar refractivity (Wildman–Crippen MR) is 192 cm³/mol. The third-order valence-electron chi connectivity index (χ3n) is 8.22. The van der Waals surface area contributed by atoms with Crippen LogP contribution in [0.5, 0.6) is 0 Å². The van der Waals surface area contributed by atoms with E-state index in [1.54, 1.807) is 0 Å². The van der Waals surface area contributed by atoms with E-state index in [0.29, 0.717) is 17.7 Å². The zero-order valence-electron chi connectivity index (χ0n) is 28.5. The van der Waals surface area contributed by atoms with Crippen LogP contribution in [0.25, 0.3) is 56.0 Å². The molecule has 0 aliphatic heterocycles. The summed E-state index contributed by atoms with van der Waals surface area (Å²) < 4.78 is 6.20. The van der Waals surface area contributed by atoms with Gasteiger partial charge in [0.05, 0.1) is 22.9 Å². The molecule has 0 spiro atoms. The fourth-order valence-corrected chi connectivity index (χ4v) is 5.76. The summed E-state index contributed by atoms with van der Waals surface area (Å²) in [5, 5.41) is 2.15. The summed E-state index contributed by atoms with van der Waals surface area (Å²) in [6.07, 6.45) is 3.65. The van der Waals surface area contributed by atoms with E-state index in [1.165, 1.54) is 16.7 Å². The van der Waals surface area contributed by atoms with Crippen LogP contribution in [0.15, 0.2) is 108 Å². The van der Waals surface area contributed by atoms with Crippen LogP contribution in [0.3, 0.4) is 0 Å². The molecule has 0 fully saturated rings. The molecule has 7 aromatic rings. The molecule has 6 heteroatoms. The van der Waals surface area contributed by atoms with Crippen LogP contribution in [0.2, 0.25) is 0 Å². The van der Waals surface area contributed by atoms with Crippen molar-refractivity contribution in [2.24, 2.45) is 0 Å². The van der Waals surface area contributed by atoms with Crippen molar-refractivity contribution >= 4 is 21.9 Å². The molecule has 0 amide bonds. The Morgan fingerprint density at radius 3 is 2.02 bits per heavy atom. The molecule has 0 unspecified atom stereocenters.